The Morgan fingerprint density at radius 2 is 1.88 bits per heavy atom. The molecule has 0 saturated heterocycles. The largest absolute Gasteiger partial charge is 0.391 e. The maximum Gasteiger partial charge on any atom is 0.242 e. The molecule has 0 heterocycles. The number of carbonyl (C=O) groups is 2. The third-order valence-electron chi connectivity index (χ3n) is 3.12. The van der Waals surface area contributed by atoms with Gasteiger partial charge in [-0.25, -0.2) is 0 Å². The van der Waals surface area contributed by atoms with Crippen molar-refractivity contribution in [3.8, 4) is 0 Å². The fourth-order valence-corrected chi connectivity index (χ4v) is 2.13. The van der Waals surface area contributed by atoms with E-state index >= 15 is 0 Å². The summed E-state index contributed by atoms with van der Waals surface area (Å²) in [7, 11) is 0. The first-order chi connectivity index (χ1) is 8.00. The lowest BCUT2D eigenvalue weighted by atomic mass is 10.1. The first kappa shape index (κ1) is 14.0. The van der Waals surface area contributed by atoms with E-state index in [0.29, 0.717) is 0 Å². The number of aliphatic hydroxyl groups is 1. The monoisotopic (exact) mass is 242 g/mol. The highest BCUT2D eigenvalue weighted by Gasteiger charge is 2.25. The summed E-state index contributed by atoms with van der Waals surface area (Å²) in [5, 5.41) is 15.2. The quantitative estimate of drug-likeness (QED) is 0.624. The molecule has 1 aliphatic carbocycles. The molecule has 0 aliphatic heterocycles. The van der Waals surface area contributed by atoms with Gasteiger partial charge in [0.2, 0.25) is 11.8 Å². The van der Waals surface area contributed by atoms with E-state index < -0.39 is 12.1 Å². The molecule has 3 unspecified atom stereocenters. The van der Waals surface area contributed by atoms with Crippen LogP contribution in [0.4, 0.5) is 0 Å². The van der Waals surface area contributed by atoms with Crippen LogP contribution in [0.25, 0.3) is 0 Å². The molecule has 98 valence electrons. The highest BCUT2D eigenvalue weighted by molar-refractivity contribution is 5.86. The molecule has 1 fully saturated rings. The van der Waals surface area contributed by atoms with Gasteiger partial charge in [0.05, 0.1) is 12.1 Å². The van der Waals surface area contributed by atoms with Crippen molar-refractivity contribution in [3.05, 3.63) is 0 Å². The van der Waals surface area contributed by atoms with Gasteiger partial charge in [-0.1, -0.05) is 19.3 Å². The molecule has 1 saturated carbocycles. The summed E-state index contributed by atoms with van der Waals surface area (Å²) in [5.41, 5.74) is 0. The van der Waals surface area contributed by atoms with Gasteiger partial charge in [0.1, 0.15) is 6.04 Å². The first-order valence-electron chi connectivity index (χ1n) is 6.26. The molecular formula is C12H22N2O3. The van der Waals surface area contributed by atoms with Crippen LogP contribution in [0.5, 0.6) is 0 Å². The van der Waals surface area contributed by atoms with Crippen molar-refractivity contribution < 1.29 is 14.7 Å². The molecule has 3 atom stereocenters. The van der Waals surface area contributed by atoms with Gasteiger partial charge < -0.3 is 15.7 Å². The summed E-state index contributed by atoms with van der Waals surface area (Å²) >= 11 is 0. The summed E-state index contributed by atoms with van der Waals surface area (Å²) in [5.74, 6) is -0.458. The number of hydrogen-bond acceptors (Lipinski definition) is 3. The molecule has 5 nitrogen and oxygen atoms in total. The standard InChI is InChI=1S/C12H22N2O3/c1-8(13-9(2)15)12(17)14-10-6-4-3-5-7-11(10)16/h8,10-11,16H,3-7H2,1-2H3,(H,13,15)(H,14,17). The van der Waals surface area contributed by atoms with Crippen molar-refractivity contribution in [2.24, 2.45) is 0 Å². The second-order valence-electron chi connectivity index (χ2n) is 4.74. The minimum atomic E-state index is -0.553. The van der Waals surface area contributed by atoms with E-state index in [1.165, 1.54) is 6.92 Å². The highest BCUT2D eigenvalue weighted by Crippen LogP contribution is 2.18. The van der Waals surface area contributed by atoms with Crippen LogP contribution in [-0.2, 0) is 9.59 Å². The molecular weight excluding hydrogens is 220 g/mol. The van der Waals surface area contributed by atoms with Gasteiger partial charge in [-0.2, -0.15) is 0 Å². The molecule has 0 aromatic carbocycles. The van der Waals surface area contributed by atoms with E-state index in [1.807, 2.05) is 0 Å². The van der Waals surface area contributed by atoms with Crippen LogP contribution in [-0.4, -0.2) is 35.1 Å². The van der Waals surface area contributed by atoms with Gasteiger partial charge in [0.15, 0.2) is 0 Å². The Balaban J connectivity index is 2.45. The van der Waals surface area contributed by atoms with Crippen LogP contribution in [0, 0.1) is 0 Å². The molecule has 0 aromatic heterocycles. The summed E-state index contributed by atoms with van der Waals surface area (Å²) < 4.78 is 0. The normalized spacial score (nSPS) is 26.8. The third-order valence-corrected chi connectivity index (χ3v) is 3.12. The maximum absolute atomic E-state index is 11.8. The molecule has 1 aliphatic rings. The van der Waals surface area contributed by atoms with E-state index in [-0.39, 0.29) is 17.9 Å². The second-order valence-corrected chi connectivity index (χ2v) is 4.74. The number of aliphatic hydroxyl groups excluding tert-OH is 1. The summed E-state index contributed by atoms with van der Waals surface area (Å²) in [4.78, 5) is 22.6. The van der Waals surface area contributed by atoms with Crippen LogP contribution in [0.15, 0.2) is 0 Å². The highest BCUT2D eigenvalue weighted by atomic mass is 16.3. The van der Waals surface area contributed by atoms with E-state index in [2.05, 4.69) is 10.6 Å². The van der Waals surface area contributed by atoms with Gasteiger partial charge in [-0.15, -0.1) is 0 Å². The van der Waals surface area contributed by atoms with Crippen LogP contribution >= 0.6 is 0 Å². The molecule has 0 radical (unpaired) electrons. The zero-order chi connectivity index (χ0) is 12.8. The van der Waals surface area contributed by atoms with Crippen LogP contribution in [0.1, 0.15) is 46.0 Å². The SMILES string of the molecule is CC(=O)NC(C)C(=O)NC1CCCCCC1O. The van der Waals surface area contributed by atoms with Gasteiger partial charge >= 0.3 is 0 Å². The molecule has 17 heavy (non-hydrogen) atoms. The van der Waals surface area contributed by atoms with Gasteiger partial charge in [0.25, 0.3) is 0 Å². The predicted octanol–water partition coefficient (Wildman–Crippen LogP) is 0.321. The van der Waals surface area contributed by atoms with Gasteiger partial charge in [-0.3, -0.25) is 9.59 Å². The summed E-state index contributed by atoms with van der Waals surface area (Å²) in [6.45, 7) is 3.02. The molecule has 0 bridgehead atoms. The molecule has 2 amide bonds. The fraction of sp³-hybridized carbons (Fsp3) is 0.833. The lowest BCUT2D eigenvalue weighted by Gasteiger charge is -2.23. The number of carbonyl (C=O) groups excluding carboxylic acids is 2. The number of amides is 2. The summed E-state index contributed by atoms with van der Waals surface area (Å²) in [6.07, 6.45) is 4.21. The first-order valence-corrected chi connectivity index (χ1v) is 6.26. The van der Waals surface area contributed by atoms with E-state index in [0.717, 1.165) is 32.1 Å². The lowest BCUT2D eigenvalue weighted by molar-refractivity contribution is -0.128. The Kier molecular flexibility index (Phi) is 5.41. The van der Waals surface area contributed by atoms with Gasteiger partial charge in [-0.05, 0) is 19.8 Å². The molecule has 3 N–H and O–H groups in total. The van der Waals surface area contributed by atoms with Crippen molar-refractivity contribution in [1.82, 2.24) is 10.6 Å². The minimum absolute atomic E-state index is 0.179. The average molecular weight is 242 g/mol. The average Bonchev–Trinajstić information content (AvgIpc) is 2.43. The smallest absolute Gasteiger partial charge is 0.242 e. The van der Waals surface area contributed by atoms with Crippen molar-refractivity contribution in [2.75, 3.05) is 0 Å². The lowest BCUT2D eigenvalue weighted by Crippen LogP contribution is -2.50. The predicted molar refractivity (Wildman–Crippen MR) is 64.3 cm³/mol. The molecule has 0 spiro atoms. The number of nitrogens with one attached hydrogen (secondary N) is 2. The second kappa shape index (κ2) is 6.59. The Labute approximate surface area is 102 Å². The molecule has 5 heteroatoms. The zero-order valence-electron chi connectivity index (χ0n) is 10.5. The van der Waals surface area contributed by atoms with Crippen molar-refractivity contribution in [3.63, 3.8) is 0 Å². The Morgan fingerprint density at radius 3 is 2.53 bits per heavy atom. The Bertz CT molecular complexity index is 281. The topological polar surface area (TPSA) is 78.4 Å². The number of rotatable bonds is 3. The zero-order valence-corrected chi connectivity index (χ0v) is 10.5. The Morgan fingerprint density at radius 1 is 1.24 bits per heavy atom. The Hall–Kier alpha value is -1.10. The van der Waals surface area contributed by atoms with Gasteiger partial charge in [0, 0.05) is 6.92 Å². The van der Waals surface area contributed by atoms with E-state index in [1.54, 1.807) is 6.92 Å². The fourth-order valence-electron chi connectivity index (χ4n) is 2.13. The van der Waals surface area contributed by atoms with Crippen molar-refractivity contribution >= 4 is 11.8 Å². The minimum Gasteiger partial charge on any atom is -0.391 e. The number of hydrogen-bond donors (Lipinski definition) is 3. The van der Waals surface area contributed by atoms with Crippen LogP contribution in [0.2, 0.25) is 0 Å². The van der Waals surface area contributed by atoms with Crippen molar-refractivity contribution in [2.45, 2.75) is 64.1 Å². The summed E-state index contributed by atoms with van der Waals surface area (Å²) in [6, 6.07) is -0.732. The van der Waals surface area contributed by atoms with E-state index in [9.17, 15) is 14.7 Å². The third kappa shape index (κ3) is 4.73. The van der Waals surface area contributed by atoms with Crippen molar-refractivity contribution in [1.29, 1.82) is 0 Å². The maximum atomic E-state index is 11.8. The van der Waals surface area contributed by atoms with E-state index in [4.69, 9.17) is 0 Å². The molecule has 1 rings (SSSR count). The van der Waals surface area contributed by atoms with Crippen LogP contribution in [0.3, 0.4) is 0 Å². The molecule has 0 aromatic rings. The van der Waals surface area contributed by atoms with Crippen LogP contribution < -0.4 is 10.6 Å².